The van der Waals surface area contributed by atoms with Crippen molar-refractivity contribution in [1.29, 1.82) is 0 Å². The van der Waals surface area contributed by atoms with E-state index in [9.17, 15) is 13.2 Å². The van der Waals surface area contributed by atoms with Gasteiger partial charge >= 0.3 is 6.18 Å². The molecule has 0 amide bonds. The number of halogens is 4. The molecule has 3 aromatic rings. The maximum Gasteiger partial charge on any atom is 0.406 e. The van der Waals surface area contributed by atoms with Gasteiger partial charge in [0.05, 0.1) is 24.5 Å². The highest BCUT2D eigenvalue weighted by Gasteiger charge is 2.33. The summed E-state index contributed by atoms with van der Waals surface area (Å²) in [7, 11) is 0. The van der Waals surface area contributed by atoms with Crippen LogP contribution in [-0.4, -0.2) is 67.5 Å². The van der Waals surface area contributed by atoms with Crippen molar-refractivity contribution in [2.24, 2.45) is 0 Å². The van der Waals surface area contributed by atoms with E-state index in [1.807, 2.05) is 46.4 Å². The number of aromatic nitrogens is 6. The third-order valence-electron chi connectivity index (χ3n) is 5.40. The normalized spacial score (nSPS) is 15.6. The van der Waals surface area contributed by atoms with E-state index in [4.69, 9.17) is 26.3 Å². The number of imidazole rings is 1. The Morgan fingerprint density at radius 2 is 1.67 bits per heavy atom. The van der Waals surface area contributed by atoms with E-state index in [0.29, 0.717) is 49.3 Å². The fourth-order valence-electron chi connectivity index (χ4n) is 3.91. The molecular formula is C23H30ClF3N8O. The molecule has 0 radical (unpaired) electrons. The topological polar surface area (TPSA) is 93.9 Å². The lowest BCUT2D eigenvalue weighted by Gasteiger charge is -2.28. The molecule has 1 aliphatic heterocycles. The molecule has 1 fully saturated rings. The van der Waals surface area contributed by atoms with Crippen molar-refractivity contribution in [1.82, 2.24) is 29.5 Å². The minimum Gasteiger partial charge on any atom is -0.378 e. The summed E-state index contributed by atoms with van der Waals surface area (Å²) >= 11 is 6.18. The summed E-state index contributed by atoms with van der Waals surface area (Å²) in [6.45, 7) is 12.6. The third-order valence-corrected chi connectivity index (χ3v) is 5.69. The molecule has 1 saturated heterocycles. The summed E-state index contributed by atoms with van der Waals surface area (Å²) in [5, 5.41) is 2.96. The summed E-state index contributed by atoms with van der Waals surface area (Å²) in [6, 6.07) is 0. The summed E-state index contributed by atoms with van der Waals surface area (Å²) in [6.07, 6.45) is -2.90. The van der Waals surface area contributed by atoms with Crippen LogP contribution in [0.15, 0.2) is 6.20 Å². The fraction of sp³-hybridized carbons (Fsp3) is 0.609. The average Bonchev–Trinajstić information content (AvgIpc) is 3.05. The Morgan fingerprint density at radius 3 is 2.25 bits per heavy atom. The Labute approximate surface area is 212 Å². The number of nitrogens with zero attached hydrogens (tertiary/aromatic N) is 7. The number of rotatable bonds is 4. The monoisotopic (exact) mass is 526 g/mol. The molecule has 3 aromatic heterocycles. The van der Waals surface area contributed by atoms with Gasteiger partial charge in [0.1, 0.15) is 6.54 Å². The number of hydrogen-bond acceptors (Lipinski definition) is 8. The summed E-state index contributed by atoms with van der Waals surface area (Å²) < 4.78 is 46.5. The molecule has 4 heterocycles. The number of nitrogens with one attached hydrogen (secondary N) is 1. The van der Waals surface area contributed by atoms with E-state index in [2.05, 4.69) is 20.3 Å². The predicted octanol–water partition coefficient (Wildman–Crippen LogP) is 4.84. The van der Waals surface area contributed by atoms with Crippen LogP contribution in [0.1, 0.15) is 47.2 Å². The Kier molecular flexibility index (Phi) is 6.80. The Hall–Kier alpha value is -2.73. The zero-order valence-electron chi connectivity index (χ0n) is 21.2. The number of fused-ring (bicyclic) bond motifs is 1. The second-order valence-electron chi connectivity index (χ2n) is 10.8. The largest absolute Gasteiger partial charge is 0.406 e. The van der Waals surface area contributed by atoms with Crippen LogP contribution >= 0.6 is 11.6 Å². The van der Waals surface area contributed by atoms with Gasteiger partial charge in [0.2, 0.25) is 11.2 Å². The molecule has 0 bridgehead atoms. The lowest BCUT2D eigenvalue weighted by molar-refractivity contribution is -0.140. The van der Waals surface area contributed by atoms with Crippen molar-refractivity contribution in [2.75, 3.05) is 36.5 Å². The smallest absolute Gasteiger partial charge is 0.378 e. The van der Waals surface area contributed by atoms with Crippen LogP contribution in [0.5, 0.6) is 0 Å². The van der Waals surface area contributed by atoms with E-state index in [1.165, 1.54) is 0 Å². The number of alkyl halides is 3. The highest BCUT2D eigenvalue weighted by Crippen LogP contribution is 2.35. The lowest BCUT2D eigenvalue weighted by atomic mass is 9.88. The Bertz CT molecular complexity index is 1260. The maximum atomic E-state index is 13.4. The van der Waals surface area contributed by atoms with Gasteiger partial charge in [0, 0.05) is 30.2 Å². The summed E-state index contributed by atoms with van der Waals surface area (Å²) in [5.41, 5.74) is 0.683. The second-order valence-corrected chi connectivity index (χ2v) is 11.1. The van der Waals surface area contributed by atoms with Gasteiger partial charge in [-0.3, -0.25) is 4.57 Å². The molecule has 0 unspecified atom stereocenters. The van der Waals surface area contributed by atoms with Crippen LogP contribution in [0.2, 0.25) is 5.28 Å². The first-order valence-corrected chi connectivity index (χ1v) is 12.0. The molecule has 9 nitrogen and oxygen atoms in total. The van der Waals surface area contributed by atoms with Gasteiger partial charge in [-0.2, -0.15) is 13.2 Å². The average molecular weight is 527 g/mol. The fourth-order valence-corrected chi connectivity index (χ4v) is 4.13. The molecule has 0 spiro atoms. The first-order valence-electron chi connectivity index (χ1n) is 11.6. The van der Waals surface area contributed by atoms with Crippen LogP contribution in [0.4, 0.5) is 24.9 Å². The first-order chi connectivity index (χ1) is 16.6. The summed E-state index contributed by atoms with van der Waals surface area (Å²) in [4.78, 5) is 24.6. The lowest BCUT2D eigenvalue weighted by Crippen LogP contribution is -2.37. The number of hydrogen-bond donors (Lipinski definition) is 1. The predicted molar refractivity (Wildman–Crippen MR) is 133 cm³/mol. The van der Waals surface area contributed by atoms with Gasteiger partial charge in [0.15, 0.2) is 22.8 Å². The molecule has 4 rings (SSSR count). The van der Waals surface area contributed by atoms with Gasteiger partial charge in [-0.25, -0.2) is 24.9 Å². The number of ether oxygens (including phenoxy) is 1. The minimum atomic E-state index is -4.51. The molecule has 1 N–H and O–H groups in total. The molecule has 196 valence electrons. The molecule has 1 aliphatic rings. The standard InChI is InChI=1S/C23H30ClF3N8O/c1-21(2,3)15-13(11-28-20(30-15)33-22(4,5)6)16-31-17(34-7-9-36-10-8-34)14-18(32-16)35(19(24)29-14)12-23(25,26)27/h11H,7-10,12H2,1-6H3,(H,28,30,33). The van der Waals surface area contributed by atoms with Crippen LogP contribution in [-0.2, 0) is 16.7 Å². The highest BCUT2D eigenvalue weighted by molar-refractivity contribution is 6.29. The molecule has 13 heteroatoms. The van der Waals surface area contributed by atoms with E-state index in [1.54, 1.807) is 6.20 Å². The van der Waals surface area contributed by atoms with Crippen molar-refractivity contribution < 1.29 is 17.9 Å². The van der Waals surface area contributed by atoms with E-state index < -0.39 is 18.1 Å². The van der Waals surface area contributed by atoms with Crippen LogP contribution < -0.4 is 10.2 Å². The maximum absolute atomic E-state index is 13.4. The Balaban J connectivity index is 1.95. The third kappa shape index (κ3) is 5.80. The van der Waals surface area contributed by atoms with Crippen LogP contribution in [0.25, 0.3) is 22.6 Å². The van der Waals surface area contributed by atoms with Crippen LogP contribution in [0.3, 0.4) is 0 Å². The van der Waals surface area contributed by atoms with Crippen molar-refractivity contribution in [3.8, 4) is 11.4 Å². The number of anilines is 2. The zero-order valence-corrected chi connectivity index (χ0v) is 21.9. The van der Waals surface area contributed by atoms with E-state index >= 15 is 0 Å². The van der Waals surface area contributed by atoms with Crippen molar-refractivity contribution in [3.63, 3.8) is 0 Å². The molecule has 0 aliphatic carbocycles. The molecular weight excluding hydrogens is 497 g/mol. The van der Waals surface area contributed by atoms with Gasteiger partial charge in [-0.15, -0.1) is 0 Å². The minimum absolute atomic E-state index is 0.000527. The Morgan fingerprint density at radius 1 is 1.00 bits per heavy atom. The number of morpholine rings is 1. The van der Waals surface area contributed by atoms with E-state index in [0.717, 1.165) is 4.57 Å². The van der Waals surface area contributed by atoms with E-state index in [-0.39, 0.29) is 27.8 Å². The molecule has 36 heavy (non-hydrogen) atoms. The van der Waals surface area contributed by atoms with Crippen molar-refractivity contribution in [2.45, 2.75) is 65.2 Å². The van der Waals surface area contributed by atoms with Gasteiger partial charge in [-0.1, -0.05) is 20.8 Å². The second kappa shape index (κ2) is 9.29. The van der Waals surface area contributed by atoms with Gasteiger partial charge in [0.25, 0.3) is 0 Å². The highest BCUT2D eigenvalue weighted by atomic mass is 35.5. The molecule has 0 aromatic carbocycles. The zero-order chi connectivity index (χ0) is 26.5. The molecule has 0 atom stereocenters. The SMILES string of the molecule is CC(C)(C)Nc1ncc(-c2nc(N3CCOCC3)c3nc(Cl)n(CC(F)(F)F)c3n2)c(C(C)(C)C)n1. The van der Waals surface area contributed by atoms with Crippen molar-refractivity contribution in [3.05, 3.63) is 17.2 Å². The first kappa shape index (κ1) is 26.3. The quantitative estimate of drug-likeness (QED) is 0.482. The molecule has 0 saturated carbocycles. The summed E-state index contributed by atoms with van der Waals surface area (Å²) in [5.74, 6) is 1.05. The van der Waals surface area contributed by atoms with Gasteiger partial charge in [-0.05, 0) is 32.4 Å². The van der Waals surface area contributed by atoms with Crippen LogP contribution in [0, 0.1) is 0 Å². The van der Waals surface area contributed by atoms with Gasteiger partial charge < -0.3 is 15.0 Å². The van der Waals surface area contributed by atoms with Crippen molar-refractivity contribution >= 4 is 34.5 Å².